The Balaban J connectivity index is 2.26. The molecule has 0 saturated heterocycles. The predicted octanol–water partition coefficient (Wildman–Crippen LogP) is 0.290. The molecule has 0 atom stereocenters. The quantitative estimate of drug-likeness (QED) is 0.694. The van der Waals surface area contributed by atoms with E-state index >= 15 is 0 Å². The van der Waals surface area contributed by atoms with Crippen LogP contribution in [0.3, 0.4) is 0 Å². The molecule has 2 aromatic rings. The minimum Gasteiger partial charge on any atom is -0.464 e. The third-order valence-corrected chi connectivity index (χ3v) is 2.56. The summed E-state index contributed by atoms with van der Waals surface area (Å²) in [5, 5.41) is 11.4. The largest absolute Gasteiger partial charge is 0.464 e. The van der Waals surface area contributed by atoms with Gasteiger partial charge in [-0.1, -0.05) is 10.4 Å². The lowest BCUT2D eigenvalue weighted by atomic mass is 10.2. The van der Waals surface area contributed by atoms with Crippen molar-refractivity contribution in [3.8, 4) is 0 Å². The molecule has 102 valence electrons. The molecule has 19 heavy (non-hydrogen) atoms. The fraction of sp³-hybridized carbons (Fsp3) is 0.455. The van der Waals surface area contributed by atoms with Crippen LogP contribution in [0.2, 0.25) is 0 Å². The monoisotopic (exact) mass is 266 g/mol. The molecule has 0 unspecified atom stereocenters. The number of hydrogen-bond acceptors (Lipinski definition) is 7. The van der Waals surface area contributed by atoms with E-state index in [-0.39, 0.29) is 5.69 Å². The molecule has 0 radical (unpaired) electrons. The van der Waals surface area contributed by atoms with E-state index in [1.165, 1.54) is 7.11 Å². The molecule has 0 aliphatic rings. The van der Waals surface area contributed by atoms with Gasteiger partial charge in [0.05, 0.1) is 25.6 Å². The van der Waals surface area contributed by atoms with Crippen LogP contribution in [0, 0.1) is 0 Å². The summed E-state index contributed by atoms with van der Waals surface area (Å²) < 4.78 is 16.3. The van der Waals surface area contributed by atoms with E-state index in [1.54, 1.807) is 24.1 Å². The maximum Gasteiger partial charge on any atom is 0.360 e. The molecule has 0 N–H and O–H groups in total. The third-order valence-electron chi connectivity index (χ3n) is 2.56. The minimum absolute atomic E-state index is 0.194. The lowest BCUT2D eigenvalue weighted by molar-refractivity contribution is 0.0592. The van der Waals surface area contributed by atoms with Gasteiger partial charge in [0.2, 0.25) is 0 Å². The van der Waals surface area contributed by atoms with E-state index < -0.39 is 5.97 Å². The molecule has 2 aromatic heterocycles. The van der Waals surface area contributed by atoms with E-state index in [9.17, 15) is 4.79 Å². The fourth-order valence-corrected chi connectivity index (χ4v) is 1.63. The molecule has 0 spiro atoms. The summed E-state index contributed by atoms with van der Waals surface area (Å²) in [7, 11) is 2.89. The molecule has 8 nitrogen and oxygen atoms in total. The molecule has 8 heteroatoms. The Morgan fingerprint density at radius 3 is 2.95 bits per heavy atom. The van der Waals surface area contributed by atoms with Gasteiger partial charge in [0, 0.05) is 19.6 Å². The van der Waals surface area contributed by atoms with Gasteiger partial charge >= 0.3 is 5.97 Å². The van der Waals surface area contributed by atoms with Gasteiger partial charge in [-0.3, -0.25) is 0 Å². The fourth-order valence-electron chi connectivity index (χ4n) is 1.63. The second-order valence-corrected chi connectivity index (χ2v) is 3.76. The Morgan fingerprint density at radius 1 is 1.47 bits per heavy atom. The Kier molecular flexibility index (Phi) is 4.24. The van der Waals surface area contributed by atoms with Crippen molar-refractivity contribution < 1.29 is 18.8 Å². The van der Waals surface area contributed by atoms with Crippen molar-refractivity contribution in [2.24, 2.45) is 0 Å². The summed E-state index contributed by atoms with van der Waals surface area (Å²) in [6.45, 7) is 0.802. The summed E-state index contributed by atoms with van der Waals surface area (Å²) >= 11 is 0. The highest BCUT2D eigenvalue weighted by Crippen LogP contribution is 2.11. The van der Waals surface area contributed by atoms with Crippen LogP contribution in [0.1, 0.15) is 21.9 Å². The van der Waals surface area contributed by atoms with Crippen LogP contribution in [0.5, 0.6) is 0 Å². The van der Waals surface area contributed by atoms with Crippen molar-refractivity contribution >= 4 is 5.97 Å². The molecule has 0 fully saturated rings. The number of hydrogen-bond donors (Lipinski definition) is 0. The van der Waals surface area contributed by atoms with Gasteiger partial charge in [-0.05, 0) is 0 Å². The van der Waals surface area contributed by atoms with Crippen molar-refractivity contribution in [1.82, 2.24) is 20.2 Å². The zero-order valence-electron chi connectivity index (χ0n) is 10.7. The summed E-state index contributed by atoms with van der Waals surface area (Å²) in [5.41, 5.74) is 0.837. The number of methoxy groups -OCH3 is 2. The van der Waals surface area contributed by atoms with Gasteiger partial charge < -0.3 is 14.0 Å². The van der Waals surface area contributed by atoms with E-state index in [0.29, 0.717) is 31.0 Å². The van der Waals surface area contributed by atoms with E-state index in [1.807, 2.05) is 0 Å². The second kappa shape index (κ2) is 6.10. The zero-order valence-corrected chi connectivity index (χ0v) is 10.7. The third kappa shape index (κ3) is 2.97. The standard InChI is InChI=1S/C11H14N4O4/c1-17-6-4-9-10(11(16)18-2)13-14-15(9)7-8-3-5-12-19-8/h3,5H,4,6-7H2,1-2H3. The predicted molar refractivity (Wildman–Crippen MR) is 62.5 cm³/mol. The van der Waals surface area contributed by atoms with Gasteiger partial charge in [0.1, 0.15) is 6.54 Å². The molecule has 0 aliphatic heterocycles. The first-order chi connectivity index (χ1) is 9.26. The summed E-state index contributed by atoms with van der Waals surface area (Å²) in [5.74, 6) is 0.106. The van der Waals surface area contributed by atoms with Crippen LogP contribution in [0.4, 0.5) is 0 Å². The van der Waals surface area contributed by atoms with Crippen molar-refractivity contribution in [2.45, 2.75) is 13.0 Å². The highest BCUT2D eigenvalue weighted by atomic mass is 16.5. The molecular weight excluding hydrogens is 252 g/mol. The normalized spacial score (nSPS) is 10.6. The molecule has 0 saturated carbocycles. The van der Waals surface area contributed by atoms with Crippen LogP contribution in [0.25, 0.3) is 0 Å². The van der Waals surface area contributed by atoms with Crippen molar-refractivity contribution in [2.75, 3.05) is 20.8 Å². The van der Waals surface area contributed by atoms with Gasteiger partial charge in [-0.15, -0.1) is 5.10 Å². The maximum atomic E-state index is 11.6. The van der Waals surface area contributed by atoms with Crippen LogP contribution in [-0.2, 0) is 22.4 Å². The molecule has 0 aromatic carbocycles. The highest BCUT2D eigenvalue weighted by Gasteiger charge is 2.20. The number of carbonyl (C=O) groups excluding carboxylic acids is 1. The number of aromatic nitrogens is 4. The Bertz CT molecular complexity index is 535. The number of carbonyl (C=O) groups is 1. The second-order valence-electron chi connectivity index (χ2n) is 3.76. The summed E-state index contributed by atoms with van der Waals surface area (Å²) in [4.78, 5) is 11.6. The number of nitrogens with zero attached hydrogens (tertiary/aromatic N) is 4. The van der Waals surface area contributed by atoms with Crippen LogP contribution in [0.15, 0.2) is 16.8 Å². The lowest BCUT2D eigenvalue weighted by Crippen LogP contribution is -2.12. The highest BCUT2D eigenvalue weighted by molar-refractivity contribution is 5.88. The SMILES string of the molecule is COCCc1c(C(=O)OC)nnn1Cc1ccno1. The number of esters is 1. The number of rotatable bonds is 6. The van der Waals surface area contributed by atoms with E-state index in [0.717, 1.165) is 0 Å². The molecule has 0 bridgehead atoms. The van der Waals surface area contributed by atoms with Gasteiger partial charge in [-0.2, -0.15) is 0 Å². The Morgan fingerprint density at radius 2 is 2.32 bits per heavy atom. The van der Waals surface area contributed by atoms with Crippen molar-refractivity contribution in [3.63, 3.8) is 0 Å². The summed E-state index contributed by atoms with van der Waals surface area (Å²) in [6.07, 6.45) is 2.05. The average molecular weight is 266 g/mol. The number of ether oxygens (including phenoxy) is 2. The topological polar surface area (TPSA) is 92.3 Å². The van der Waals surface area contributed by atoms with Gasteiger partial charge in [0.15, 0.2) is 11.5 Å². The minimum atomic E-state index is -0.519. The van der Waals surface area contributed by atoms with Gasteiger partial charge in [0.25, 0.3) is 0 Å². The molecular formula is C11H14N4O4. The van der Waals surface area contributed by atoms with Crippen LogP contribution >= 0.6 is 0 Å². The first-order valence-electron chi connectivity index (χ1n) is 5.65. The maximum absolute atomic E-state index is 11.6. The summed E-state index contributed by atoms with van der Waals surface area (Å²) in [6, 6.07) is 1.72. The van der Waals surface area contributed by atoms with Crippen molar-refractivity contribution in [1.29, 1.82) is 0 Å². The molecule has 0 amide bonds. The van der Waals surface area contributed by atoms with Crippen LogP contribution < -0.4 is 0 Å². The molecule has 2 rings (SSSR count). The van der Waals surface area contributed by atoms with E-state index in [2.05, 4.69) is 20.2 Å². The van der Waals surface area contributed by atoms with Crippen molar-refractivity contribution in [3.05, 3.63) is 29.4 Å². The van der Waals surface area contributed by atoms with Crippen LogP contribution in [-0.4, -0.2) is 46.9 Å². The smallest absolute Gasteiger partial charge is 0.360 e. The molecule has 0 aliphatic carbocycles. The van der Waals surface area contributed by atoms with Gasteiger partial charge in [-0.25, -0.2) is 9.48 Å². The molecule has 2 heterocycles. The Hall–Kier alpha value is -2.22. The zero-order chi connectivity index (χ0) is 13.7. The van der Waals surface area contributed by atoms with E-state index in [4.69, 9.17) is 9.26 Å². The first kappa shape index (κ1) is 13.2. The Labute approximate surface area is 109 Å². The average Bonchev–Trinajstić information content (AvgIpc) is 3.06. The lowest BCUT2D eigenvalue weighted by Gasteiger charge is -2.05. The first-order valence-corrected chi connectivity index (χ1v) is 5.65.